The van der Waals surface area contributed by atoms with Crippen LogP contribution in [0.15, 0.2) is 47.2 Å². The van der Waals surface area contributed by atoms with Gasteiger partial charge in [0.25, 0.3) is 5.91 Å². The molecule has 7 heteroatoms. The molecule has 2 aromatic heterocycles. The van der Waals surface area contributed by atoms with Gasteiger partial charge < -0.3 is 18.9 Å². The van der Waals surface area contributed by atoms with Gasteiger partial charge in [0, 0.05) is 30.6 Å². The first-order valence-electron chi connectivity index (χ1n) is 9.01. The molecule has 0 radical (unpaired) electrons. The van der Waals surface area contributed by atoms with Crippen LogP contribution in [0.25, 0.3) is 0 Å². The second-order valence-corrected chi connectivity index (χ2v) is 6.66. The Labute approximate surface area is 162 Å². The van der Waals surface area contributed by atoms with E-state index in [1.807, 2.05) is 30.0 Å². The van der Waals surface area contributed by atoms with Crippen LogP contribution in [0.4, 0.5) is 0 Å². The Balaban J connectivity index is 1.84. The highest BCUT2D eigenvalue weighted by molar-refractivity contribution is 5.94. The van der Waals surface area contributed by atoms with E-state index in [1.165, 1.54) is 0 Å². The van der Waals surface area contributed by atoms with E-state index in [0.717, 1.165) is 16.8 Å². The largest absolute Gasteiger partial charge is 0.493 e. The number of methoxy groups -OCH3 is 2. The first-order chi connectivity index (χ1) is 13.6. The van der Waals surface area contributed by atoms with Gasteiger partial charge in [-0.3, -0.25) is 9.78 Å². The highest BCUT2D eigenvalue weighted by Crippen LogP contribution is 2.41. The van der Waals surface area contributed by atoms with Crippen LogP contribution in [0.1, 0.15) is 39.0 Å². The number of aromatic nitrogens is 2. The van der Waals surface area contributed by atoms with Crippen LogP contribution in [-0.2, 0) is 6.42 Å². The van der Waals surface area contributed by atoms with Crippen LogP contribution in [0, 0.1) is 6.92 Å². The SMILES string of the molecule is COc1cc2c(cc1OC)C(c1cc(C)no1)N(C(=O)c1ccncc1)CC2. The molecule has 1 aliphatic heterocycles. The second kappa shape index (κ2) is 7.34. The van der Waals surface area contributed by atoms with Gasteiger partial charge in [-0.15, -0.1) is 0 Å². The van der Waals surface area contributed by atoms with Crippen molar-refractivity contribution in [3.63, 3.8) is 0 Å². The predicted octanol–water partition coefficient (Wildman–Crippen LogP) is 3.18. The zero-order valence-corrected chi connectivity index (χ0v) is 16.0. The molecule has 0 saturated carbocycles. The summed E-state index contributed by atoms with van der Waals surface area (Å²) in [4.78, 5) is 19.1. The van der Waals surface area contributed by atoms with Gasteiger partial charge in [0.15, 0.2) is 17.3 Å². The smallest absolute Gasteiger partial charge is 0.254 e. The van der Waals surface area contributed by atoms with E-state index < -0.39 is 6.04 Å². The minimum atomic E-state index is -0.398. The number of pyridine rings is 1. The average molecular weight is 379 g/mol. The minimum absolute atomic E-state index is 0.0816. The lowest BCUT2D eigenvalue weighted by molar-refractivity contribution is 0.0669. The van der Waals surface area contributed by atoms with Crippen molar-refractivity contribution in [2.24, 2.45) is 0 Å². The molecule has 1 aliphatic rings. The van der Waals surface area contributed by atoms with Crippen molar-refractivity contribution < 1.29 is 18.8 Å². The van der Waals surface area contributed by atoms with Gasteiger partial charge in [-0.05, 0) is 48.7 Å². The molecule has 1 aromatic carbocycles. The van der Waals surface area contributed by atoms with E-state index in [0.29, 0.717) is 35.8 Å². The van der Waals surface area contributed by atoms with Crippen LogP contribution in [0.2, 0.25) is 0 Å². The fourth-order valence-electron chi connectivity index (χ4n) is 3.64. The fourth-order valence-corrected chi connectivity index (χ4v) is 3.64. The van der Waals surface area contributed by atoms with E-state index in [-0.39, 0.29) is 5.91 Å². The van der Waals surface area contributed by atoms with Gasteiger partial charge in [-0.1, -0.05) is 5.16 Å². The van der Waals surface area contributed by atoms with Gasteiger partial charge in [0.05, 0.1) is 19.9 Å². The van der Waals surface area contributed by atoms with E-state index >= 15 is 0 Å². The topological polar surface area (TPSA) is 77.7 Å². The molecule has 0 spiro atoms. The number of aryl methyl sites for hydroxylation is 1. The zero-order valence-electron chi connectivity index (χ0n) is 16.0. The third-order valence-electron chi connectivity index (χ3n) is 4.98. The molecule has 3 heterocycles. The number of ether oxygens (including phenoxy) is 2. The monoisotopic (exact) mass is 379 g/mol. The van der Waals surface area contributed by atoms with Gasteiger partial charge in [0.2, 0.25) is 0 Å². The van der Waals surface area contributed by atoms with E-state index in [2.05, 4.69) is 10.1 Å². The molecular weight excluding hydrogens is 358 g/mol. The van der Waals surface area contributed by atoms with E-state index in [4.69, 9.17) is 14.0 Å². The standard InChI is InChI=1S/C21H21N3O4/c1-13-10-19(28-23-13)20-16-12-18(27-3)17(26-2)11-15(16)6-9-24(20)21(25)14-4-7-22-8-5-14/h4-5,7-8,10-12,20H,6,9H2,1-3H3. The number of rotatable bonds is 4. The fraction of sp³-hybridized carbons (Fsp3) is 0.286. The number of amides is 1. The molecule has 0 fully saturated rings. The lowest BCUT2D eigenvalue weighted by atomic mass is 9.89. The molecule has 144 valence electrons. The summed E-state index contributed by atoms with van der Waals surface area (Å²) < 4.78 is 16.5. The third-order valence-corrected chi connectivity index (χ3v) is 4.98. The first kappa shape index (κ1) is 18.0. The number of fused-ring (bicyclic) bond motifs is 1. The molecule has 3 aromatic rings. The lowest BCUT2D eigenvalue weighted by Crippen LogP contribution is -2.40. The van der Waals surface area contributed by atoms with Crippen molar-refractivity contribution in [1.29, 1.82) is 0 Å². The Kier molecular flexibility index (Phi) is 4.73. The maximum absolute atomic E-state index is 13.3. The summed E-state index contributed by atoms with van der Waals surface area (Å²) in [5.74, 6) is 1.82. The number of carbonyl (C=O) groups is 1. The Bertz CT molecular complexity index is 1000. The molecule has 7 nitrogen and oxygen atoms in total. The summed E-state index contributed by atoms with van der Waals surface area (Å²) in [5.41, 5.74) is 3.39. The summed E-state index contributed by atoms with van der Waals surface area (Å²) in [6.07, 6.45) is 3.94. The molecule has 1 atom stereocenters. The molecule has 1 unspecified atom stereocenters. The van der Waals surface area contributed by atoms with E-state index in [1.54, 1.807) is 38.7 Å². The molecule has 28 heavy (non-hydrogen) atoms. The van der Waals surface area contributed by atoms with Crippen molar-refractivity contribution in [3.8, 4) is 11.5 Å². The van der Waals surface area contributed by atoms with Crippen molar-refractivity contribution in [2.45, 2.75) is 19.4 Å². The summed E-state index contributed by atoms with van der Waals surface area (Å²) in [6, 6.07) is 8.79. The third kappa shape index (κ3) is 3.09. The van der Waals surface area contributed by atoms with Crippen LogP contribution < -0.4 is 9.47 Å². The average Bonchev–Trinajstić information content (AvgIpc) is 3.17. The molecule has 0 N–H and O–H groups in total. The maximum Gasteiger partial charge on any atom is 0.254 e. The van der Waals surface area contributed by atoms with Crippen LogP contribution in [-0.4, -0.2) is 41.7 Å². The van der Waals surface area contributed by atoms with E-state index in [9.17, 15) is 4.79 Å². The quantitative estimate of drug-likeness (QED) is 0.693. The summed E-state index contributed by atoms with van der Waals surface area (Å²) in [6.45, 7) is 2.41. The number of hydrogen-bond acceptors (Lipinski definition) is 6. The Morgan fingerprint density at radius 2 is 1.86 bits per heavy atom. The van der Waals surface area contributed by atoms with Crippen LogP contribution in [0.5, 0.6) is 11.5 Å². The van der Waals surface area contributed by atoms with Gasteiger partial charge in [-0.25, -0.2) is 0 Å². The van der Waals surface area contributed by atoms with Crippen molar-refractivity contribution in [1.82, 2.24) is 15.0 Å². The first-order valence-corrected chi connectivity index (χ1v) is 9.01. The van der Waals surface area contributed by atoms with Gasteiger partial charge >= 0.3 is 0 Å². The zero-order chi connectivity index (χ0) is 19.7. The minimum Gasteiger partial charge on any atom is -0.493 e. The number of hydrogen-bond donors (Lipinski definition) is 0. The van der Waals surface area contributed by atoms with Gasteiger partial charge in [-0.2, -0.15) is 0 Å². The maximum atomic E-state index is 13.3. The van der Waals surface area contributed by atoms with Crippen LogP contribution in [0.3, 0.4) is 0 Å². The van der Waals surface area contributed by atoms with Crippen molar-refractivity contribution >= 4 is 5.91 Å². The second-order valence-electron chi connectivity index (χ2n) is 6.66. The number of benzene rings is 1. The van der Waals surface area contributed by atoms with Crippen molar-refractivity contribution in [2.75, 3.05) is 20.8 Å². The predicted molar refractivity (Wildman–Crippen MR) is 102 cm³/mol. The molecule has 0 aliphatic carbocycles. The van der Waals surface area contributed by atoms with Gasteiger partial charge in [0.1, 0.15) is 6.04 Å². The Morgan fingerprint density at radius 3 is 2.50 bits per heavy atom. The molecule has 0 saturated heterocycles. The Hall–Kier alpha value is -3.35. The summed E-state index contributed by atoms with van der Waals surface area (Å²) in [7, 11) is 3.21. The van der Waals surface area contributed by atoms with Crippen LogP contribution >= 0.6 is 0 Å². The summed E-state index contributed by atoms with van der Waals surface area (Å²) in [5, 5.41) is 4.03. The Morgan fingerprint density at radius 1 is 1.14 bits per heavy atom. The molecule has 0 bridgehead atoms. The molecular formula is C21H21N3O4. The summed E-state index contributed by atoms with van der Waals surface area (Å²) >= 11 is 0. The highest BCUT2D eigenvalue weighted by atomic mass is 16.5. The number of nitrogens with zero attached hydrogens (tertiary/aromatic N) is 3. The molecule has 1 amide bonds. The lowest BCUT2D eigenvalue weighted by Gasteiger charge is -2.36. The van der Waals surface area contributed by atoms with Crippen molar-refractivity contribution in [3.05, 3.63) is 70.9 Å². The molecule has 4 rings (SSSR count). The normalized spacial score (nSPS) is 15.8. The number of carbonyl (C=O) groups excluding carboxylic acids is 1. The highest BCUT2D eigenvalue weighted by Gasteiger charge is 2.36.